The normalized spacial score (nSPS) is 23.6. The lowest BCUT2D eigenvalue weighted by Gasteiger charge is -2.19. The van der Waals surface area contributed by atoms with Crippen molar-refractivity contribution in [2.45, 2.75) is 18.4 Å². The van der Waals surface area contributed by atoms with Gasteiger partial charge >= 0.3 is 5.97 Å². The van der Waals surface area contributed by atoms with Gasteiger partial charge in [-0.15, -0.1) is 0 Å². The highest BCUT2D eigenvalue weighted by molar-refractivity contribution is 6.33. The Balaban J connectivity index is 2.37. The van der Waals surface area contributed by atoms with E-state index in [-0.39, 0.29) is 5.97 Å². The van der Waals surface area contributed by atoms with Crippen LogP contribution in [0.15, 0.2) is 18.2 Å². The second kappa shape index (κ2) is 3.38. The van der Waals surface area contributed by atoms with Gasteiger partial charge in [-0.25, -0.2) is 0 Å². The van der Waals surface area contributed by atoms with Crippen LogP contribution in [0, 0.1) is 0 Å². The van der Waals surface area contributed by atoms with Crippen LogP contribution in [-0.4, -0.2) is 26.5 Å². The summed E-state index contributed by atoms with van der Waals surface area (Å²) in [4.78, 5) is 11.5. The fourth-order valence-corrected chi connectivity index (χ4v) is 2.10. The lowest BCUT2D eigenvalue weighted by molar-refractivity contribution is -0.146. The lowest BCUT2D eigenvalue weighted by Crippen LogP contribution is -2.49. The van der Waals surface area contributed by atoms with E-state index in [9.17, 15) is 4.79 Å². The van der Waals surface area contributed by atoms with Crippen molar-refractivity contribution >= 4 is 19.3 Å². The molecule has 76 valence electrons. The Kier molecular flexibility index (Phi) is 2.31. The van der Waals surface area contributed by atoms with Crippen molar-refractivity contribution in [1.82, 2.24) is 0 Å². The monoisotopic (exact) mass is 201 g/mol. The van der Waals surface area contributed by atoms with Gasteiger partial charge in [0.2, 0.25) is 0 Å². The van der Waals surface area contributed by atoms with Gasteiger partial charge in [0.1, 0.15) is 13.4 Å². The molecule has 1 atom stereocenters. The van der Waals surface area contributed by atoms with Crippen LogP contribution in [0.2, 0.25) is 0 Å². The summed E-state index contributed by atoms with van der Waals surface area (Å²) in [5, 5.41) is 0. The molecule has 1 unspecified atom stereocenters. The van der Waals surface area contributed by atoms with E-state index in [0.29, 0.717) is 18.3 Å². The van der Waals surface area contributed by atoms with Gasteiger partial charge in [-0.1, -0.05) is 23.7 Å². The standard InChI is InChI=1S/C11H12BNO2/c1-15-10(14)11(13)5-7-3-2-4-9(12)8(7)6-11/h2-4H,5-6,13H2,1H3. The molecule has 1 aliphatic carbocycles. The average Bonchev–Trinajstić information content (AvgIpc) is 2.57. The minimum atomic E-state index is -0.938. The molecule has 4 heteroatoms. The number of ether oxygens (including phenoxy) is 1. The molecule has 3 nitrogen and oxygen atoms in total. The maximum atomic E-state index is 11.5. The van der Waals surface area contributed by atoms with Gasteiger partial charge in [-0.3, -0.25) is 4.79 Å². The average molecular weight is 201 g/mol. The van der Waals surface area contributed by atoms with Crippen molar-refractivity contribution in [1.29, 1.82) is 0 Å². The zero-order chi connectivity index (χ0) is 11.1. The number of carbonyl (C=O) groups is 1. The molecule has 0 heterocycles. The summed E-state index contributed by atoms with van der Waals surface area (Å²) >= 11 is 0. The minimum absolute atomic E-state index is 0.377. The minimum Gasteiger partial charge on any atom is -0.468 e. The molecule has 0 amide bonds. The van der Waals surface area contributed by atoms with Gasteiger partial charge in [0.25, 0.3) is 0 Å². The van der Waals surface area contributed by atoms with Crippen molar-refractivity contribution in [2.24, 2.45) is 5.73 Å². The van der Waals surface area contributed by atoms with Crippen LogP contribution >= 0.6 is 0 Å². The van der Waals surface area contributed by atoms with Crippen LogP contribution in [0.25, 0.3) is 0 Å². The Labute approximate surface area is 90.0 Å². The number of carbonyl (C=O) groups excluding carboxylic acids is 1. The van der Waals surface area contributed by atoms with Gasteiger partial charge in [0, 0.05) is 12.8 Å². The molecular formula is C11H12BNO2. The summed E-state index contributed by atoms with van der Waals surface area (Å²) < 4.78 is 4.70. The second-order valence-electron chi connectivity index (χ2n) is 3.99. The van der Waals surface area contributed by atoms with Crippen LogP contribution < -0.4 is 11.2 Å². The first kappa shape index (κ1) is 10.2. The largest absolute Gasteiger partial charge is 0.468 e. The molecule has 2 rings (SSSR count). The summed E-state index contributed by atoms with van der Waals surface area (Å²) in [6, 6.07) is 5.64. The molecule has 0 aliphatic heterocycles. The Morgan fingerprint density at radius 1 is 1.53 bits per heavy atom. The summed E-state index contributed by atoms with van der Waals surface area (Å²) in [5.74, 6) is -0.377. The van der Waals surface area contributed by atoms with Gasteiger partial charge in [0.05, 0.1) is 7.11 Å². The van der Waals surface area contributed by atoms with E-state index in [1.807, 2.05) is 18.2 Å². The molecule has 0 saturated heterocycles. The zero-order valence-electron chi connectivity index (χ0n) is 8.62. The van der Waals surface area contributed by atoms with E-state index in [4.69, 9.17) is 18.3 Å². The summed E-state index contributed by atoms with van der Waals surface area (Å²) in [6.07, 6.45) is 0.960. The highest BCUT2D eigenvalue weighted by Gasteiger charge is 2.41. The molecule has 0 aromatic heterocycles. The number of fused-ring (bicyclic) bond motifs is 1. The number of esters is 1. The van der Waals surface area contributed by atoms with Gasteiger partial charge in [-0.2, -0.15) is 0 Å². The summed E-state index contributed by atoms with van der Waals surface area (Å²) in [6.45, 7) is 0. The third-order valence-corrected chi connectivity index (χ3v) is 2.90. The Morgan fingerprint density at radius 2 is 2.27 bits per heavy atom. The van der Waals surface area contributed by atoms with E-state index >= 15 is 0 Å². The highest BCUT2D eigenvalue weighted by Crippen LogP contribution is 2.27. The number of nitrogens with two attached hydrogens (primary N) is 1. The quantitative estimate of drug-likeness (QED) is 0.489. The SMILES string of the molecule is [B]c1cccc2c1CC(N)(C(=O)OC)C2. The molecule has 1 aliphatic rings. The number of benzene rings is 1. The Bertz CT molecular complexity index is 419. The third-order valence-electron chi connectivity index (χ3n) is 2.90. The molecular weight excluding hydrogens is 189 g/mol. The maximum absolute atomic E-state index is 11.5. The molecule has 0 spiro atoms. The third kappa shape index (κ3) is 1.55. The van der Waals surface area contributed by atoms with E-state index in [0.717, 1.165) is 11.1 Å². The van der Waals surface area contributed by atoms with Crippen LogP contribution in [0.5, 0.6) is 0 Å². The second-order valence-corrected chi connectivity index (χ2v) is 3.99. The molecule has 15 heavy (non-hydrogen) atoms. The number of hydrogen-bond acceptors (Lipinski definition) is 3. The summed E-state index contributed by atoms with van der Waals surface area (Å²) in [5.41, 5.74) is 7.78. The molecule has 2 radical (unpaired) electrons. The van der Waals surface area contributed by atoms with Gasteiger partial charge in [-0.05, 0) is 11.1 Å². The van der Waals surface area contributed by atoms with Crippen molar-refractivity contribution in [2.75, 3.05) is 7.11 Å². The van der Waals surface area contributed by atoms with Gasteiger partial charge in [0.15, 0.2) is 0 Å². The fraction of sp³-hybridized carbons (Fsp3) is 0.364. The van der Waals surface area contributed by atoms with Crippen molar-refractivity contribution < 1.29 is 9.53 Å². The van der Waals surface area contributed by atoms with E-state index in [1.54, 1.807) is 0 Å². The predicted molar refractivity (Wildman–Crippen MR) is 58.2 cm³/mol. The highest BCUT2D eigenvalue weighted by atomic mass is 16.5. The molecule has 0 bridgehead atoms. The Hall–Kier alpha value is -1.29. The zero-order valence-corrected chi connectivity index (χ0v) is 8.62. The van der Waals surface area contributed by atoms with Crippen molar-refractivity contribution in [3.05, 3.63) is 29.3 Å². The summed E-state index contributed by atoms with van der Waals surface area (Å²) in [7, 11) is 7.18. The Morgan fingerprint density at radius 3 is 2.87 bits per heavy atom. The first-order valence-electron chi connectivity index (χ1n) is 4.80. The van der Waals surface area contributed by atoms with Crippen molar-refractivity contribution in [3.63, 3.8) is 0 Å². The lowest BCUT2D eigenvalue weighted by atomic mass is 9.88. The van der Waals surface area contributed by atoms with E-state index in [2.05, 4.69) is 0 Å². The van der Waals surface area contributed by atoms with Crippen LogP contribution in [0.4, 0.5) is 0 Å². The van der Waals surface area contributed by atoms with E-state index < -0.39 is 5.54 Å². The van der Waals surface area contributed by atoms with Gasteiger partial charge < -0.3 is 10.5 Å². The first-order valence-corrected chi connectivity index (χ1v) is 4.80. The molecule has 2 N–H and O–H groups in total. The first-order chi connectivity index (χ1) is 7.07. The van der Waals surface area contributed by atoms with Crippen molar-refractivity contribution in [3.8, 4) is 0 Å². The fourth-order valence-electron chi connectivity index (χ4n) is 2.10. The number of methoxy groups -OCH3 is 1. The molecule has 1 aromatic carbocycles. The predicted octanol–water partition coefficient (Wildman–Crippen LogP) is -0.550. The van der Waals surface area contributed by atoms with Crippen LogP contribution in [0.3, 0.4) is 0 Å². The number of rotatable bonds is 1. The topological polar surface area (TPSA) is 52.3 Å². The van der Waals surface area contributed by atoms with Crippen LogP contribution in [0.1, 0.15) is 11.1 Å². The smallest absolute Gasteiger partial charge is 0.326 e. The molecule has 0 saturated carbocycles. The molecule has 0 fully saturated rings. The molecule has 1 aromatic rings. The number of hydrogen-bond donors (Lipinski definition) is 1. The maximum Gasteiger partial charge on any atom is 0.326 e. The van der Waals surface area contributed by atoms with Crippen LogP contribution in [-0.2, 0) is 22.4 Å². The van der Waals surface area contributed by atoms with E-state index in [1.165, 1.54) is 7.11 Å².